The Morgan fingerprint density at radius 1 is 1.03 bits per heavy atom. The quantitative estimate of drug-likeness (QED) is 0.382. The van der Waals surface area contributed by atoms with Gasteiger partial charge in [-0.3, -0.25) is 14.6 Å². The molecule has 2 aromatic rings. The van der Waals surface area contributed by atoms with Gasteiger partial charge in [0.2, 0.25) is 11.8 Å². The molecule has 0 aliphatic rings. The Labute approximate surface area is 184 Å². The van der Waals surface area contributed by atoms with Crippen LogP contribution in [0.25, 0.3) is 0 Å². The number of nitrogens with zero attached hydrogens (tertiary/aromatic N) is 1. The molecule has 0 fully saturated rings. The van der Waals surface area contributed by atoms with E-state index in [-0.39, 0.29) is 23.5 Å². The van der Waals surface area contributed by atoms with Crippen molar-refractivity contribution in [3.05, 3.63) is 65.7 Å². The van der Waals surface area contributed by atoms with Gasteiger partial charge in [0.15, 0.2) is 0 Å². The Morgan fingerprint density at radius 3 is 2.35 bits per heavy atom. The number of phenolic OH excluding ortho intramolecular Hbond substituents is 1. The van der Waals surface area contributed by atoms with Gasteiger partial charge in [-0.15, -0.1) is 0 Å². The number of amides is 2. The predicted molar refractivity (Wildman–Crippen MR) is 124 cm³/mol. The second kappa shape index (κ2) is 12.5. The third-order valence-electron chi connectivity index (χ3n) is 4.96. The van der Waals surface area contributed by atoms with Gasteiger partial charge in [-0.2, -0.15) is 0 Å². The van der Waals surface area contributed by atoms with E-state index in [1.165, 1.54) is 6.21 Å². The van der Waals surface area contributed by atoms with Crippen LogP contribution in [0.4, 0.5) is 0 Å². The standard InChI is InChI=1S/C25H33N3O3/c1-4-5-15-26-24(30)21(16-19-11-7-6-8-12-19)28-25(31)23(18(2)3)27-17-20-13-9-10-14-22(20)29/h6-14,17-18,21,23,29H,4-5,15-16H2,1-3H3,(H,26,30)(H,28,31)/t21-,23-/m0/s1. The minimum absolute atomic E-state index is 0.0809. The molecule has 2 aromatic carbocycles. The zero-order chi connectivity index (χ0) is 22.6. The van der Waals surface area contributed by atoms with Gasteiger partial charge in [0, 0.05) is 24.7 Å². The van der Waals surface area contributed by atoms with Gasteiger partial charge in [-0.25, -0.2) is 0 Å². The molecule has 6 nitrogen and oxygen atoms in total. The minimum Gasteiger partial charge on any atom is -0.507 e. The van der Waals surface area contributed by atoms with Crippen LogP contribution in [0.2, 0.25) is 0 Å². The molecule has 0 spiro atoms. The Bertz CT molecular complexity index is 865. The summed E-state index contributed by atoms with van der Waals surface area (Å²) in [7, 11) is 0. The summed E-state index contributed by atoms with van der Waals surface area (Å²) >= 11 is 0. The molecule has 2 atom stereocenters. The van der Waals surface area contributed by atoms with Gasteiger partial charge in [0.25, 0.3) is 0 Å². The molecule has 0 aliphatic carbocycles. The molecular formula is C25H33N3O3. The van der Waals surface area contributed by atoms with E-state index >= 15 is 0 Å². The number of benzene rings is 2. The molecule has 3 N–H and O–H groups in total. The van der Waals surface area contributed by atoms with Crippen LogP contribution >= 0.6 is 0 Å². The molecule has 0 saturated heterocycles. The number of nitrogens with one attached hydrogen (secondary N) is 2. The number of hydrogen-bond donors (Lipinski definition) is 3. The first-order valence-electron chi connectivity index (χ1n) is 10.9. The van der Waals surface area contributed by atoms with Gasteiger partial charge in [0.1, 0.15) is 17.8 Å². The molecule has 0 heterocycles. The average molecular weight is 424 g/mol. The molecule has 2 amide bonds. The van der Waals surface area contributed by atoms with Crippen molar-refractivity contribution in [2.75, 3.05) is 6.54 Å². The van der Waals surface area contributed by atoms with E-state index in [0.717, 1.165) is 18.4 Å². The molecule has 6 heteroatoms. The van der Waals surface area contributed by atoms with Crippen molar-refractivity contribution in [1.82, 2.24) is 10.6 Å². The van der Waals surface area contributed by atoms with E-state index in [1.807, 2.05) is 44.2 Å². The maximum absolute atomic E-state index is 13.1. The highest BCUT2D eigenvalue weighted by molar-refractivity contribution is 5.92. The molecule has 0 unspecified atom stereocenters. The molecule has 0 aliphatic heterocycles. The highest BCUT2D eigenvalue weighted by Crippen LogP contribution is 2.15. The number of rotatable bonds is 11. The molecular weight excluding hydrogens is 390 g/mol. The summed E-state index contributed by atoms with van der Waals surface area (Å²) in [4.78, 5) is 30.3. The second-order valence-electron chi connectivity index (χ2n) is 7.92. The van der Waals surface area contributed by atoms with E-state index < -0.39 is 12.1 Å². The summed E-state index contributed by atoms with van der Waals surface area (Å²) in [5.74, 6) is -0.486. The number of carbonyl (C=O) groups excluding carboxylic acids is 2. The van der Waals surface area contributed by atoms with E-state index in [1.54, 1.807) is 24.3 Å². The van der Waals surface area contributed by atoms with Crippen molar-refractivity contribution < 1.29 is 14.7 Å². The number of aliphatic imine (C=N–C) groups is 1. The number of aromatic hydroxyl groups is 1. The third kappa shape index (κ3) is 7.89. The van der Waals surface area contributed by atoms with E-state index in [2.05, 4.69) is 22.5 Å². The number of para-hydroxylation sites is 1. The summed E-state index contributed by atoms with van der Waals surface area (Å²) in [6.07, 6.45) is 3.77. The van der Waals surface area contributed by atoms with Gasteiger partial charge < -0.3 is 15.7 Å². The number of hydrogen-bond acceptors (Lipinski definition) is 4. The minimum atomic E-state index is -0.687. The van der Waals surface area contributed by atoms with E-state index in [4.69, 9.17) is 0 Å². The number of unbranched alkanes of at least 4 members (excludes halogenated alkanes) is 1. The zero-order valence-corrected chi connectivity index (χ0v) is 18.5. The number of carbonyl (C=O) groups is 2. The highest BCUT2D eigenvalue weighted by atomic mass is 16.3. The summed E-state index contributed by atoms with van der Waals surface area (Å²) in [5, 5.41) is 15.8. The lowest BCUT2D eigenvalue weighted by atomic mass is 10.0. The van der Waals surface area contributed by atoms with Crippen LogP contribution in [-0.2, 0) is 16.0 Å². The lowest BCUT2D eigenvalue weighted by molar-refractivity contribution is -0.130. The first-order chi connectivity index (χ1) is 14.9. The first kappa shape index (κ1) is 24.1. The van der Waals surface area contributed by atoms with Crippen LogP contribution in [0.15, 0.2) is 59.6 Å². The van der Waals surface area contributed by atoms with Crippen LogP contribution in [0.1, 0.15) is 44.7 Å². The van der Waals surface area contributed by atoms with Crippen molar-refractivity contribution >= 4 is 18.0 Å². The molecule has 0 radical (unpaired) electrons. The van der Waals surface area contributed by atoms with E-state index in [0.29, 0.717) is 18.5 Å². The molecule has 0 bridgehead atoms. The first-order valence-corrected chi connectivity index (χ1v) is 10.9. The third-order valence-corrected chi connectivity index (χ3v) is 4.96. The maximum Gasteiger partial charge on any atom is 0.245 e. The Morgan fingerprint density at radius 2 is 1.71 bits per heavy atom. The van der Waals surface area contributed by atoms with Gasteiger partial charge in [0.05, 0.1) is 0 Å². The van der Waals surface area contributed by atoms with Crippen molar-refractivity contribution in [2.24, 2.45) is 10.9 Å². The Balaban J connectivity index is 2.15. The van der Waals surface area contributed by atoms with Crippen LogP contribution in [0.5, 0.6) is 5.75 Å². The van der Waals surface area contributed by atoms with Crippen LogP contribution < -0.4 is 10.6 Å². The average Bonchev–Trinajstić information content (AvgIpc) is 2.75. The second-order valence-corrected chi connectivity index (χ2v) is 7.92. The lowest BCUT2D eigenvalue weighted by Crippen LogP contribution is -2.51. The molecule has 2 rings (SSSR count). The summed E-state index contributed by atoms with van der Waals surface area (Å²) in [6.45, 7) is 6.45. The summed E-state index contributed by atoms with van der Waals surface area (Å²) in [6, 6.07) is 15.1. The van der Waals surface area contributed by atoms with Crippen molar-refractivity contribution in [1.29, 1.82) is 0 Å². The Hall–Kier alpha value is -3.15. The van der Waals surface area contributed by atoms with Crippen LogP contribution in [0, 0.1) is 5.92 Å². The van der Waals surface area contributed by atoms with Gasteiger partial charge >= 0.3 is 0 Å². The van der Waals surface area contributed by atoms with E-state index in [9.17, 15) is 14.7 Å². The SMILES string of the molecule is CCCCNC(=O)[C@H](Cc1ccccc1)NC(=O)[C@@H](N=Cc1ccccc1O)C(C)C. The normalized spacial score (nSPS) is 13.2. The topological polar surface area (TPSA) is 90.8 Å². The molecule has 166 valence electrons. The smallest absolute Gasteiger partial charge is 0.245 e. The van der Waals surface area contributed by atoms with Crippen LogP contribution in [0.3, 0.4) is 0 Å². The monoisotopic (exact) mass is 423 g/mol. The van der Waals surface area contributed by atoms with Crippen molar-refractivity contribution in [2.45, 2.75) is 52.1 Å². The zero-order valence-electron chi connectivity index (χ0n) is 18.5. The summed E-state index contributed by atoms with van der Waals surface area (Å²) in [5.41, 5.74) is 1.51. The maximum atomic E-state index is 13.1. The molecule has 31 heavy (non-hydrogen) atoms. The fraction of sp³-hybridized carbons (Fsp3) is 0.400. The van der Waals surface area contributed by atoms with Crippen molar-refractivity contribution in [3.8, 4) is 5.75 Å². The highest BCUT2D eigenvalue weighted by Gasteiger charge is 2.27. The largest absolute Gasteiger partial charge is 0.507 e. The lowest BCUT2D eigenvalue weighted by Gasteiger charge is -2.22. The van der Waals surface area contributed by atoms with Crippen molar-refractivity contribution in [3.63, 3.8) is 0 Å². The van der Waals surface area contributed by atoms with Gasteiger partial charge in [-0.05, 0) is 30.0 Å². The van der Waals surface area contributed by atoms with Crippen LogP contribution in [-0.4, -0.2) is 41.8 Å². The summed E-state index contributed by atoms with van der Waals surface area (Å²) < 4.78 is 0. The number of phenols is 1. The fourth-order valence-electron chi connectivity index (χ4n) is 3.13. The molecule has 0 saturated carbocycles. The van der Waals surface area contributed by atoms with Gasteiger partial charge in [-0.1, -0.05) is 69.7 Å². The fourth-order valence-corrected chi connectivity index (χ4v) is 3.13. The molecule has 0 aromatic heterocycles. The Kier molecular flexibility index (Phi) is 9.75. The predicted octanol–water partition coefficient (Wildman–Crippen LogP) is 3.48.